The molecule has 0 radical (unpaired) electrons. The van der Waals surface area contributed by atoms with Crippen molar-refractivity contribution in [1.29, 1.82) is 0 Å². The Kier molecular flexibility index (Phi) is 5.52. The SMILES string of the molecule is CCc1ccc(O)c(NC(=O)C(N)CCS(C)(=O)=O)c1. The molecule has 0 aliphatic carbocycles. The molecule has 0 spiro atoms. The first kappa shape index (κ1) is 16.5. The second-order valence-electron chi connectivity index (χ2n) is 4.72. The van der Waals surface area contributed by atoms with Gasteiger partial charge in [-0.2, -0.15) is 0 Å². The van der Waals surface area contributed by atoms with Crippen molar-refractivity contribution in [2.45, 2.75) is 25.8 Å². The van der Waals surface area contributed by atoms with E-state index in [-0.39, 0.29) is 23.6 Å². The fraction of sp³-hybridized carbons (Fsp3) is 0.462. The molecule has 1 rings (SSSR count). The molecule has 112 valence electrons. The number of carbonyl (C=O) groups is 1. The van der Waals surface area contributed by atoms with Crippen LogP contribution in [0.15, 0.2) is 18.2 Å². The molecule has 1 amide bonds. The lowest BCUT2D eigenvalue weighted by Gasteiger charge is -2.13. The van der Waals surface area contributed by atoms with Gasteiger partial charge in [-0.1, -0.05) is 13.0 Å². The highest BCUT2D eigenvalue weighted by Gasteiger charge is 2.17. The Morgan fingerprint density at radius 2 is 2.10 bits per heavy atom. The number of amides is 1. The van der Waals surface area contributed by atoms with E-state index >= 15 is 0 Å². The van der Waals surface area contributed by atoms with Gasteiger partial charge < -0.3 is 16.2 Å². The van der Waals surface area contributed by atoms with Crippen LogP contribution < -0.4 is 11.1 Å². The van der Waals surface area contributed by atoms with E-state index in [0.717, 1.165) is 18.2 Å². The van der Waals surface area contributed by atoms with Crippen LogP contribution in [-0.2, 0) is 21.1 Å². The van der Waals surface area contributed by atoms with E-state index in [1.165, 1.54) is 6.07 Å². The van der Waals surface area contributed by atoms with E-state index in [4.69, 9.17) is 5.73 Å². The average Bonchev–Trinajstić information content (AvgIpc) is 2.37. The maximum absolute atomic E-state index is 11.8. The number of carbonyl (C=O) groups excluding carboxylic acids is 1. The summed E-state index contributed by atoms with van der Waals surface area (Å²) in [6, 6.07) is 3.98. The standard InChI is InChI=1S/C13H20N2O4S/c1-3-9-4-5-12(16)11(8-9)15-13(17)10(14)6-7-20(2,18)19/h4-5,8,10,16H,3,6-7,14H2,1-2H3,(H,15,17). The van der Waals surface area contributed by atoms with Crippen molar-refractivity contribution >= 4 is 21.4 Å². The minimum Gasteiger partial charge on any atom is -0.506 e. The molecule has 1 atom stereocenters. The molecule has 1 aromatic carbocycles. The maximum Gasteiger partial charge on any atom is 0.241 e. The zero-order valence-electron chi connectivity index (χ0n) is 11.6. The Labute approximate surface area is 118 Å². The van der Waals surface area contributed by atoms with Crippen molar-refractivity contribution in [3.8, 4) is 5.75 Å². The summed E-state index contributed by atoms with van der Waals surface area (Å²) in [6.45, 7) is 1.95. The molecule has 0 fully saturated rings. The van der Waals surface area contributed by atoms with Gasteiger partial charge in [0.15, 0.2) is 0 Å². The van der Waals surface area contributed by atoms with Crippen LogP contribution in [0.3, 0.4) is 0 Å². The number of aryl methyl sites for hydroxylation is 1. The van der Waals surface area contributed by atoms with Crippen molar-refractivity contribution < 1.29 is 18.3 Å². The molecule has 1 aromatic rings. The number of hydrogen-bond acceptors (Lipinski definition) is 5. The van der Waals surface area contributed by atoms with Crippen molar-refractivity contribution in [3.63, 3.8) is 0 Å². The summed E-state index contributed by atoms with van der Waals surface area (Å²) < 4.78 is 22.1. The number of phenols is 1. The fourth-order valence-corrected chi connectivity index (χ4v) is 2.28. The minimum absolute atomic E-state index is 0.0406. The summed E-state index contributed by atoms with van der Waals surface area (Å²) in [5.41, 5.74) is 6.88. The average molecular weight is 300 g/mol. The molecule has 7 heteroatoms. The number of rotatable bonds is 6. The quantitative estimate of drug-likeness (QED) is 0.668. The molecule has 4 N–H and O–H groups in total. The third-order valence-corrected chi connectivity index (χ3v) is 3.84. The maximum atomic E-state index is 11.8. The van der Waals surface area contributed by atoms with E-state index in [1.54, 1.807) is 12.1 Å². The van der Waals surface area contributed by atoms with Crippen LogP contribution >= 0.6 is 0 Å². The van der Waals surface area contributed by atoms with E-state index in [1.807, 2.05) is 6.92 Å². The van der Waals surface area contributed by atoms with Crippen LogP contribution in [0.2, 0.25) is 0 Å². The third-order valence-electron chi connectivity index (χ3n) is 2.86. The normalized spacial score (nSPS) is 12.9. The predicted octanol–water partition coefficient (Wildman–Crippen LogP) is 0.655. The van der Waals surface area contributed by atoms with Gasteiger partial charge in [0.25, 0.3) is 0 Å². The fourth-order valence-electron chi connectivity index (χ4n) is 1.60. The van der Waals surface area contributed by atoms with Crippen LogP contribution in [0.1, 0.15) is 18.9 Å². The molecule has 20 heavy (non-hydrogen) atoms. The first-order chi connectivity index (χ1) is 9.23. The van der Waals surface area contributed by atoms with E-state index in [2.05, 4.69) is 5.32 Å². The summed E-state index contributed by atoms with van der Waals surface area (Å²) in [4.78, 5) is 11.8. The van der Waals surface area contributed by atoms with Crippen molar-refractivity contribution in [3.05, 3.63) is 23.8 Å². The van der Waals surface area contributed by atoms with Crippen LogP contribution in [0.25, 0.3) is 0 Å². The summed E-state index contributed by atoms with van der Waals surface area (Å²) >= 11 is 0. The molecule has 0 heterocycles. The number of hydrogen-bond donors (Lipinski definition) is 3. The lowest BCUT2D eigenvalue weighted by atomic mass is 10.1. The summed E-state index contributed by atoms with van der Waals surface area (Å²) in [5, 5.41) is 12.2. The van der Waals surface area contributed by atoms with Gasteiger partial charge in [0, 0.05) is 6.26 Å². The molecule has 0 bridgehead atoms. The molecule has 1 unspecified atom stereocenters. The van der Waals surface area contributed by atoms with Gasteiger partial charge in [-0.25, -0.2) is 8.42 Å². The van der Waals surface area contributed by atoms with Crippen LogP contribution in [0.5, 0.6) is 5.75 Å². The van der Waals surface area contributed by atoms with Gasteiger partial charge in [-0.05, 0) is 30.5 Å². The number of nitrogens with one attached hydrogen (secondary N) is 1. The summed E-state index contributed by atoms with van der Waals surface area (Å²) in [5.74, 6) is -0.717. The van der Waals surface area contributed by atoms with Gasteiger partial charge in [-0.3, -0.25) is 4.79 Å². The highest BCUT2D eigenvalue weighted by atomic mass is 32.2. The van der Waals surface area contributed by atoms with Gasteiger partial charge in [0.2, 0.25) is 5.91 Å². The minimum atomic E-state index is -3.15. The second kappa shape index (κ2) is 6.71. The first-order valence-electron chi connectivity index (χ1n) is 6.29. The topological polar surface area (TPSA) is 109 Å². The van der Waals surface area contributed by atoms with Crippen molar-refractivity contribution in [2.24, 2.45) is 5.73 Å². The molecule has 0 saturated heterocycles. The van der Waals surface area contributed by atoms with Crippen molar-refractivity contribution in [2.75, 3.05) is 17.3 Å². The number of nitrogens with two attached hydrogens (primary N) is 1. The second-order valence-corrected chi connectivity index (χ2v) is 6.98. The molecule has 0 aliphatic heterocycles. The van der Waals surface area contributed by atoms with Crippen LogP contribution in [-0.4, -0.2) is 37.5 Å². The number of benzene rings is 1. The van der Waals surface area contributed by atoms with E-state index in [0.29, 0.717) is 0 Å². The molecular formula is C13H20N2O4S. The highest BCUT2D eigenvalue weighted by molar-refractivity contribution is 7.90. The Morgan fingerprint density at radius 1 is 1.45 bits per heavy atom. The lowest BCUT2D eigenvalue weighted by Crippen LogP contribution is -2.37. The van der Waals surface area contributed by atoms with E-state index in [9.17, 15) is 18.3 Å². The predicted molar refractivity (Wildman–Crippen MR) is 78.4 cm³/mol. The summed E-state index contributed by atoms with van der Waals surface area (Å²) in [6.07, 6.45) is 1.90. The van der Waals surface area contributed by atoms with Gasteiger partial charge >= 0.3 is 0 Å². The lowest BCUT2D eigenvalue weighted by molar-refractivity contribution is -0.117. The number of aromatic hydroxyl groups is 1. The highest BCUT2D eigenvalue weighted by Crippen LogP contribution is 2.24. The van der Waals surface area contributed by atoms with Crippen molar-refractivity contribution in [1.82, 2.24) is 0 Å². The van der Waals surface area contributed by atoms with Gasteiger partial charge in [-0.15, -0.1) is 0 Å². The number of anilines is 1. The Balaban J connectivity index is 2.70. The number of phenolic OH excluding ortho intramolecular Hbond substituents is 1. The zero-order chi connectivity index (χ0) is 15.3. The Hall–Kier alpha value is -1.60. The Morgan fingerprint density at radius 3 is 2.65 bits per heavy atom. The largest absolute Gasteiger partial charge is 0.506 e. The van der Waals surface area contributed by atoms with Gasteiger partial charge in [0.1, 0.15) is 15.6 Å². The molecular weight excluding hydrogens is 280 g/mol. The van der Waals surface area contributed by atoms with Crippen LogP contribution in [0.4, 0.5) is 5.69 Å². The van der Waals surface area contributed by atoms with E-state index < -0.39 is 21.8 Å². The smallest absolute Gasteiger partial charge is 0.241 e. The first-order valence-corrected chi connectivity index (χ1v) is 8.35. The monoisotopic (exact) mass is 300 g/mol. The Bertz CT molecular complexity index is 584. The van der Waals surface area contributed by atoms with Crippen LogP contribution in [0, 0.1) is 0 Å². The molecule has 0 saturated carbocycles. The zero-order valence-corrected chi connectivity index (χ0v) is 12.4. The number of sulfone groups is 1. The molecule has 0 aliphatic rings. The third kappa shape index (κ3) is 5.18. The molecule has 6 nitrogen and oxygen atoms in total. The molecule has 0 aromatic heterocycles. The van der Waals surface area contributed by atoms with Gasteiger partial charge in [0.05, 0.1) is 17.5 Å². The summed E-state index contributed by atoms with van der Waals surface area (Å²) in [7, 11) is -3.15.